The van der Waals surface area contributed by atoms with E-state index in [1.165, 1.54) is 66.8 Å². The van der Waals surface area contributed by atoms with Gasteiger partial charge in [-0.05, 0) is 128 Å². The van der Waals surface area contributed by atoms with E-state index >= 15 is 0 Å². The fraction of sp³-hybridized carbons (Fsp3) is 0.143. The molecular formula is C56H48O4. The molecule has 0 saturated carbocycles. The zero-order valence-electron chi connectivity index (χ0n) is 35.0. The van der Waals surface area contributed by atoms with Crippen LogP contribution >= 0.6 is 0 Å². The fourth-order valence-electron chi connectivity index (χ4n) is 9.95. The first-order valence-electron chi connectivity index (χ1n) is 20.4. The fourth-order valence-corrected chi connectivity index (χ4v) is 9.95. The zero-order chi connectivity index (χ0) is 41.4. The number of rotatable bonds is 8. The molecule has 0 radical (unpaired) electrons. The van der Waals surface area contributed by atoms with Crippen LogP contribution in [-0.4, -0.2) is 28.4 Å². The van der Waals surface area contributed by atoms with Crippen LogP contribution in [-0.2, 0) is 10.8 Å². The van der Waals surface area contributed by atoms with Gasteiger partial charge in [0.1, 0.15) is 23.0 Å². The Hall–Kier alpha value is -7.04. The summed E-state index contributed by atoms with van der Waals surface area (Å²) in [6, 6.07) is 65.1. The molecule has 8 aromatic carbocycles. The van der Waals surface area contributed by atoms with Crippen LogP contribution in [0.2, 0.25) is 0 Å². The number of hydrogen-bond donors (Lipinski definition) is 0. The van der Waals surface area contributed by atoms with Crippen LogP contribution < -0.4 is 18.9 Å². The Balaban J connectivity index is 0.000000154. The molecule has 0 bridgehead atoms. The Morgan fingerprint density at radius 1 is 0.300 bits per heavy atom. The number of fused-ring (bicyclic) bond motifs is 6. The average molecular weight is 785 g/mol. The van der Waals surface area contributed by atoms with Crippen LogP contribution in [0.5, 0.6) is 23.0 Å². The molecule has 10 rings (SSSR count). The highest BCUT2D eigenvalue weighted by Crippen LogP contribution is 2.58. The summed E-state index contributed by atoms with van der Waals surface area (Å²) >= 11 is 0. The van der Waals surface area contributed by atoms with Crippen LogP contribution in [0.1, 0.15) is 55.6 Å². The van der Waals surface area contributed by atoms with Crippen LogP contribution in [0.4, 0.5) is 0 Å². The summed E-state index contributed by atoms with van der Waals surface area (Å²) in [7, 11) is 6.86. The first-order chi connectivity index (χ1) is 29.4. The minimum atomic E-state index is -0.402. The van der Waals surface area contributed by atoms with E-state index in [0.717, 1.165) is 34.1 Å². The summed E-state index contributed by atoms with van der Waals surface area (Å²) in [4.78, 5) is 0. The predicted octanol–water partition coefficient (Wildman–Crippen LogP) is 12.8. The van der Waals surface area contributed by atoms with Crippen LogP contribution in [0.3, 0.4) is 0 Å². The highest BCUT2D eigenvalue weighted by Gasteiger charge is 2.47. The van der Waals surface area contributed by atoms with Gasteiger partial charge in [-0.3, -0.25) is 0 Å². The van der Waals surface area contributed by atoms with Crippen molar-refractivity contribution in [1.29, 1.82) is 0 Å². The summed E-state index contributed by atoms with van der Waals surface area (Å²) in [6.07, 6.45) is 0. The first kappa shape index (κ1) is 38.5. The monoisotopic (exact) mass is 784 g/mol. The second-order valence-electron chi connectivity index (χ2n) is 15.5. The van der Waals surface area contributed by atoms with Gasteiger partial charge < -0.3 is 18.9 Å². The van der Waals surface area contributed by atoms with Gasteiger partial charge in [0.05, 0.1) is 39.3 Å². The molecule has 0 unspecified atom stereocenters. The zero-order valence-corrected chi connectivity index (χ0v) is 35.0. The van der Waals surface area contributed by atoms with Gasteiger partial charge in [0.2, 0.25) is 0 Å². The van der Waals surface area contributed by atoms with E-state index in [2.05, 4.69) is 172 Å². The average Bonchev–Trinajstić information content (AvgIpc) is 3.78. The highest BCUT2D eigenvalue weighted by molar-refractivity contribution is 5.87. The van der Waals surface area contributed by atoms with Crippen molar-refractivity contribution >= 4 is 0 Å². The molecule has 0 fully saturated rings. The van der Waals surface area contributed by atoms with E-state index in [-0.39, 0.29) is 5.41 Å². The third-order valence-corrected chi connectivity index (χ3v) is 12.6. The molecule has 0 atom stereocenters. The molecule has 4 heteroatoms. The SMILES string of the molecule is COc1ccc(C2(c3ccc(OC)c(C)c3)c3ccccc3-c3ccccc32)cc1C.COc1ccc(C2(c3ccc(OC)cc3)c3ccccc3-c3ccccc32)cc1. The van der Waals surface area contributed by atoms with Crippen LogP contribution in [0.15, 0.2) is 182 Å². The molecule has 2 aliphatic carbocycles. The van der Waals surface area contributed by atoms with Crippen molar-refractivity contribution < 1.29 is 18.9 Å². The number of hydrogen-bond acceptors (Lipinski definition) is 4. The normalized spacial score (nSPS) is 13.4. The van der Waals surface area contributed by atoms with Crippen molar-refractivity contribution in [3.05, 3.63) is 238 Å². The minimum Gasteiger partial charge on any atom is -0.497 e. The van der Waals surface area contributed by atoms with Gasteiger partial charge >= 0.3 is 0 Å². The Morgan fingerprint density at radius 2 is 0.583 bits per heavy atom. The molecule has 0 aliphatic heterocycles. The maximum Gasteiger partial charge on any atom is 0.121 e. The van der Waals surface area contributed by atoms with E-state index in [0.29, 0.717) is 0 Å². The van der Waals surface area contributed by atoms with E-state index in [1.54, 1.807) is 28.4 Å². The lowest BCUT2D eigenvalue weighted by Gasteiger charge is -2.34. The summed E-state index contributed by atoms with van der Waals surface area (Å²) in [5.74, 6) is 3.53. The Morgan fingerprint density at radius 3 is 0.867 bits per heavy atom. The van der Waals surface area contributed by atoms with E-state index < -0.39 is 5.41 Å². The molecule has 0 aromatic heterocycles. The molecule has 0 N–H and O–H groups in total. The lowest BCUT2D eigenvalue weighted by molar-refractivity contribution is 0.411. The van der Waals surface area contributed by atoms with Crippen molar-refractivity contribution in [1.82, 2.24) is 0 Å². The molecule has 0 heterocycles. The lowest BCUT2D eigenvalue weighted by Crippen LogP contribution is -2.28. The second-order valence-corrected chi connectivity index (χ2v) is 15.5. The molecule has 296 valence electrons. The second kappa shape index (κ2) is 15.6. The van der Waals surface area contributed by atoms with E-state index in [4.69, 9.17) is 18.9 Å². The van der Waals surface area contributed by atoms with Gasteiger partial charge in [-0.25, -0.2) is 0 Å². The number of benzene rings is 8. The van der Waals surface area contributed by atoms with Gasteiger partial charge in [0, 0.05) is 0 Å². The lowest BCUT2D eigenvalue weighted by atomic mass is 9.67. The standard InChI is InChI=1S/C29H26O2.C27H22O2/c1-19-17-21(13-15-27(19)30-3)29(22-14-16-28(31-4)20(2)18-22)25-11-7-5-9-23(25)24-10-6-8-12-26(24)29;1-28-21-15-11-19(12-16-21)27(20-13-17-22(29-2)18-14-20)25-9-5-3-7-23(25)24-8-4-6-10-26(24)27/h5-18H,1-4H3;3-18H,1-2H3. The third-order valence-electron chi connectivity index (χ3n) is 12.6. The molecule has 8 aromatic rings. The maximum absolute atomic E-state index is 5.57. The van der Waals surface area contributed by atoms with Crippen LogP contribution in [0.25, 0.3) is 22.3 Å². The van der Waals surface area contributed by atoms with Gasteiger partial charge in [0.15, 0.2) is 0 Å². The van der Waals surface area contributed by atoms with Crippen molar-refractivity contribution in [3.63, 3.8) is 0 Å². The first-order valence-corrected chi connectivity index (χ1v) is 20.4. The Labute approximate surface area is 353 Å². The largest absolute Gasteiger partial charge is 0.497 e. The van der Waals surface area contributed by atoms with E-state index in [9.17, 15) is 0 Å². The quantitative estimate of drug-likeness (QED) is 0.154. The maximum atomic E-state index is 5.57. The molecular weight excluding hydrogens is 737 g/mol. The molecule has 0 amide bonds. The number of ether oxygens (including phenoxy) is 4. The summed E-state index contributed by atoms with van der Waals surface area (Å²) in [5, 5.41) is 0. The molecule has 2 aliphatic rings. The van der Waals surface area contributed by atoms with Crippen molar-refractivity contribution in [3.8, 4) is 45.3 Å². The van der Waals surface area contributed by atoms with Crippen molar-refractivity contribution in [2.45, 2.75) is 24.7 Å². The smallest absolute Gasteiger partial charge is 0.121 e. The van der Waals surface area contributed by atoms with Gasteiger partial charge in [-0.15, -0.1) is 0 Å². The molecule has 4 nitrogen and oxygen atoms in total. The molecule has 60 heavy (non-hydrogen) atoms. The van der Waals surface area contributed by atoms with Gasteiger partial charge in [-0.2, -0.15) is 0 Å². The Bertz CT molecular complexity index is 2640. The number of aryl methyl sites for hydroxylation is 2. The molecule has 0 spiro atoms. The molecule has 0 saturated heterocycles. The topological polar surface area (TPSA) is 36.9 Å². The highest BCUT2D eigenvalue weighted by atomic mass is 16.5. The summed E-state index contributed by atoms with van der Waals surface area (Å²) in [6.45, 7) is 4.23. The van der Waals surface area contributed by atoms with Gasteiger partial charge in [-0.1, -0.05) is 146 Å². The van der Waals surface area contributed by atoms with Gasteiger partial charge in [0.25, 0.3) is 0 Å². The minimum absolute atomic E-state index is 0.383. The van der Waals surface area contributed by atoms with Crippen LogP contribution in [0, 0.1) is 13.8 Å². The third kappa shape index (κ3) is 5.89. The van der Waals surface area contributed by atoms with E-state index in [1.807, 2.05) is 24.3 Å². The predicted molar refractivity (Wildman–Crippen MR) is 243 cm³/mol. The van der Waals surface area contributed by atoms with Crippen molar-refractivity contribution in [2.75, 3.05) is 28.4 Å². The Kier molecular flexibility index (Phi) is 10.0. The summed E-state index contributed by atoms with van der Waals surface area (Å²) < 4.78 is 22.0. The summed E-state index contributed by atoms with van der Waals surface area (Å²) in [5.41, 5.74) is 16.8. The number of methoxy groups -OCH3 is 4. The van der Waals surface area contributed by atoms with Crippen molar-refractivity contribution in [2.24, 2.45) is 0 Å².